The summed E-state index contributed by atoms with van der Waals surface area (Å²) in [6.07, 6.45) is 0. The van der Waals surface area contributed by atoms with E-state index < -0.39 is 0 Å². The lowest BCUT2D eigenvalue weighted by Gasteiger charge is -2.10. The summed E-state index contributed by atoms with van der Waals surface area (Å²) in [5.41, 5.74) is 1.92. The largest absolute Gasteiger partial charge is 0.497 e. The van der Waals surface area contributed by atoms with E-state index in [9.17, 15) is 4.79 Å². The number of ether oxygens (including phenoxy) is 2. The molecule has 0 saturated heterocycles. The van der Waals surface area contributed by atoms with Gasteiger partial charge in [0.25, 0.3) is 5.56 Å². The van der Waals surface area contributed by atoms with Crippen LogP contribution in [0.15, 0.2) is 51.7 Å². The minimum atomic E-state index is -0.351. The highest BCUT2D eigenvalue weighted by Gasteiger charge is 2.16. The Morgan fingerprint density at radius 1 is 1.17 bits per heavy atom. The van der Waals surface area contributed by atoms with Gasteiger partial charge in [0, 0.05) is 4.47 Å². The molecule has 4 aromatic rings. The molecule has 0 aliphatic heterocycles. The van der Waals surface area contributed by atoms with Gasteiger partial charge in [0.2, 0.25) is 0 Å². The Balaban J connectivity index is 1.78. The van der Waals surface area contributed by atoms with Gasteiger partial charge in [-0.15, -0.1) is 5.10 Å². The maximum Gasteiger partial charge on any atom is 0.281 e. The Labute approximate surface area is 174 Å². The molecule has 0 unspecified atom stereocenters. The molecule has 8 nitrogen and oxygen atoms in total. The van der Waals surface area contributed by atoms with Crippen molar-refractivity contribution < 1.29 is 9.47 Å². The molecule has 2 aromatic heterocycles. The number of hydrogen-bond acceptors (Lipinski definition) is 6. The van der Waals surface area contributed by atoms with E-state index in [-0.39, 0.29) is 11.1 Å². The molecule has 2 heterocycles. The second kappa shape index (κ2) is 8.04. The van der Waals surface area contributed by atoms with Gasteiger partial charge in [0.05, 0.1) is 25.8 Å². The molecule has 0 amide bonds. The van der Waals surface area contributed by atoms with Gasteiger partial charge >= 0.3 is 0 Å². The first-order chi connectivity index (χ1) is 14.1. The highest BCUT2D eigenvalue weighted by Crippen LogP contribution is 2.30. The van der Waals surface area contributed by atoms with Gasteiger partial charge in [-0.25, -0.2) is 9.67 Å². The molecule has 29 heavy (non-hydrogen) atoms. The standard InChI is InChI=1S/C20H18BrN5O3/c1-3-29-16-10-13(21)6-9-15(16)18-22-19-17(20(27)23-18)24-25-26(19)11-12-4-7-14(28-2)8-5-12/h4-10H,3,11H2,1-2H3,(H,22,23,27). The van der Waals surface area contributed by atoms with Gasteiger partial charge in [-0.1, -0.05) is 33.3 Å². The fourth-order valence-corrected chi connectivity index (χ4v) is 3.31. The molecular weight excluding hydrogens is 438 g/mol. The molecule has 0 fully saturated rings. The summed E-state index contributed by atoms with van der Waals surface area (Å²) in [5.74, 6) is 1.79. The topological polar surface area (TPSA) is 94.9 Å². The smallest absolute Gasteiger partial charge is 0.281 e. The first-order valence-corrected chi connectivity index (χ1v) is 9.77. The molecule has 0 saturated carbocycles. The van der Waals surface area contributed by atoms with Crippen molar-refractivity contribution in [1.29, 1.82) is 0 Å². The van der Waals surface area contributed by atoms with E-state index in [1.807, 2.05) is 49.4 Å². The Hall–Kier alpha value is -3.20. The van der Waals surface area contributed by atoms with E-state index in [1.165, 1.54) is 0 Å². The average molecular weight is 456 g/mol. The zero-order chi connectivity index (χ0) is 20.4. The minimum Gasteiger partial charge on any atom is -0.497 e. The van der Waals surface area contributed by atoms with Crippen LogP contribution in [-0.4, -0.2) is 38.7 Å². The van der Waals surface area contributed by atoms with Crippen molar-refractivity contribution in [2.75, 3.05) is 13.7 Å². The van der Waals surface area contributed by atoms with Crippen LogP contribution in [0.3, 0.4) is 0 Å². The van der Waals surface area contributed by atoms with Gasteiger partial charge in [0.15, 0.2) is 11.2 Å². The molecule has 2 aromatic carbocycles. The zero-order valence-electron chi connectivity index (χ0n) is 15.8. The van der Waals surface area contributed by atoms with Crippen molar-refractivity contribution in [2.45, 2.75) is 13.5 Å². The number of benzene rings is 2. The monoisotopic (exact) mass is 455 g/mol. The van der Waals surface area contributed by atoms with E-state index in [1.54, 1.807) is 11.8 Å². The number of halogens is 1. The van der Waals surface area contributed by atoms with E-state index in [4.69, 9.17) is 9.47 Å². The third-order valence-electron chi connectivity index (χ3n) is 4.36. The highest BCUT2D eigenvalue weighted by molar-refractivity contribution is 9.10. The van der Waals surface area contributed by atoms with Crippen LogP contribution in [-0.2, 0) is 6.54 Å². The van der Waals surface area contributed by atoms with Gasteiger partial charge in [-0.3, -0.25) is 4.79 Å². The predicted octanol–water partition coefficient (Wildman–Crippen LogP) is 3.40. The predicted molar refractivity (Wildman–Crippen MR) is 112 cm³/mol. The average Bonchev–Trinajstić information content (AvgIpc) is 3.12. The van der Waals surface area contributed by atoms with E-state index in [2.05, 4.69) is 36.2 Å². The fraction of sp³-hybridized carbons (Fsp3) is 0.200. The minimum absolute atomic E-state index is 0.192. The summed E-state index contributed by atoms with van der Waals surface area (Å²) < 4.78 is 13.4. The lowest BCUT2D eigenvalue weighted by molar-refractivity contribution is 0.341. The summed E-state index contributed by atoms with van der Waals surface area (Å²) in [4.78, 5) is 20.0. The molecule has 1 N–H and O–H groups in total. The van der Waals surface area contributed by atoms with Gasteiger partial charge < -0.3 is 14.5 Å². The van der Waals surface area contributed by atoms with E-state index in [0.717, 1.165) is 15.8 Å². The number of hydrogen-bond donors (Lipinski definition) is 1. The van der Waals surface area contributed by atoms with Gasteiger partial charge in [0.1, 0.15) is 17.3 Å². The summed E-state index contributed by atoms with van der Waals surface area (Å²) in [7, 11) is 1.62. The van der Waals surface area contributed by atoms with Crippen molar-refractivity contribution in [2.24, 2.45) is 0 Å². The molecule has 4 rings (SSSR count). The lowest BCUT2D eigenvalue weighted by Crippen LogP contribution is -2.12. The molecule has 0 radical (unpaired) electrons. The number of aromatic amines is 1. The maximum absolute atomic E-state index is 12.6. The normalized spacial score (nSPS) is 11.0. The fourth-order valence-electron chi connectivity index (χ4n) is 2.97. The SMILES string of the molecule is CCOc1cc(Br)ccc1-c1nc2c(nnn2Cc2ccc(OC)cc2)c(=O)[nH]1. The molecular formula is C20H18BrN5O3. The first-order valence-electron chi connectivity index (χ1n) is 8.98. The molecule has 0 bridgehead atoms. The summed E-state index contributed by atoms with van der Waals surface area (Å²) in [6, 6.07) is 13.2. The van der Waals surface area contributed by atoms with Crippen LogP contribution in [0.1, 0.15) is 12.5 Å². The molecule has 0 atom stereocenters. The summed E-state index contributed by atoms with van der Waals surface area (Å²) in [5, 5.41) is 8.11. The van der Waals surface area contributed by atoms with Crippen molar-refractivity contribution in [3.05, 3.63) is 62.9 Å². The molecule has 148 valence electrons. The van der Waals surface area contributed by atoms with Crippen molar-refractivity contribution in [3.63, 3.8) is 0 Å². The van der Waals surface area contributed by atoms with Crippen LogP contribution in [0.25, 0.3) is 22.6 Å². The van der Waals surface area contributed by atoms with Crippen molar-refractivity contribution in [1.82, 2.24) is 25.0 Å². The van der Waals surface area contributed by atoms with Crippen LogP contribution in [0.4, 0.5) is 0 Å². The van der Waals surface area contributed by atoms with Gasteiger partial charge in [-0.05, 0) is 42.8 Å². The quantitative estimate of drug-likeness (QED) is 0.478. The zero-order valence-corrected chi connectivity index (χ0v) is 17.4. The second-order valence-corrected chi connectivity index (χ2v) is 7.17. The molecule has 0 spiro atoms. The van der Waals surface area contributed by atoms with E-state index in [0.29, 0.717) is 35.9 Å². The number of H-pyrrole nitrogens is 1. The van der Waals surface area contributed by atoms with E-state index >= 15 is 0 Å². The molecule has 9 heteroatoms. The van der Waals surface area contributed by atoms with Crippen LogP contribution < -0.4 is 15.0 Å². The molecule has 0 aliphatic rings. The van der Waals surface area contributed by atoms with Crippen LogP contribution >= 0.6 is 15.9 Å². The summed E-state index contributed by atoms with van der Waals surface area (Å²) in [6.45, 7) is 2.82. The Morgan fingerprint density at radius 2 is 1.97 bits per heavy atom. The number of fused-ring (bicyclic) bond motifs is 1. The summed E-state index contributed by atoms with van der Waals surface area (Å²) >= 11 is 3.44. The van der Waals surface area contributed by atoms with Crippen molar-refractivity contribution in [3.8, 4) is 22.9 Å². The second-order valence-electron chi connectivity index (χ2n) is 6.26. The third-order valence-corrected chi connectivity index (χ3v) is 4.86. The maximum atomic E-state index is 12.6. The highest BCUT2D eigenvalue weighted by atomic mass is 79.9. The Morgan fingerprint density at radius 3 is 2.69 bits per heavy atom. The molecule has 0 aliphatic carbocycles. The third kappa shape index (κ3) is 3.86. The number of aromatic nitrogens is 5. The Kier molecular flexibility index (Phi) is 5.30. The number of methoxy groups -OCH3 is 1. The number of rotatable bonds is 6. The Bertz CT molecular complexity index is 1220. The lowest BCUT2D eigenvalue weighted by atomic mass is 10.2. The van der Waals surface area contributed by atoms with Crippen LogP contribution in [0.2, 0.25) is 0 Å². The van der Waals surface area contributed by atoms with Crippen molar-refractivity contribution >= 4 is 27.1 Å². The van der Waals surface area contributed by atoms with Crippen LogP contribution in [0.5, 0.6) is 11.5 Å². The number of nitrogens with zero attached hydrogens (tertiary/aromatic N) is 4. The first kappa shape index (κ1) is 19.1. The number of nitrogens with one attached hydrogen (secondary N) is 1. The van der Waals surface area contributed by atoms with Gasteiger partial charge in [-0.2, -0.15) is 0 Å². The van der Waals surface area contributed by atoms with Crippen LogP contribution in [0, 0.1) is 0 Å².